The third-order valence-electron chi connectivity index (χ3n) is 5.41. The molecule has 5 aromatic rings. The molecule has 33 heavy (non-hydrogen) atoms. The maximum Gasteiger partial charge on any atom is 0.416 e. The summed E-state index contributed by atoms with van der Waals surface area (Å²) in [5.41, 5.74) is 2.93. The van der Waals surface area contributed by atoms with E-state index in [4.69, 9.17) is 0 Å². The first-order valence-electron chi connectivity index (χ1n) is 10.1. The number of halogens is 3. The molecule has 9 heteroatoms. The Morgan fingerprint density at radius 1 is 0.970 bits per heavy atom. The summed E-state index contributed by atoms with van der Waals surface area (Å²) in [6.45, 7) is 0.621. The summed E-state index contributed by atoms with van der Waals surface area (Å²) in [5, 5.41) is 7.23. The highest BCUT2D eigenvalue weighted by atomic mass is 19.4. The van der Waals surface area contributed by atoms with Gasteiger partial charge in [0.15, 0.2) is 0 Å². The molecule has 166 valence electrons. The van der Waals surface area contributed by atoms with E-state index in [2.05, 4.69) is 25.2 Å². The van der Waals surface area contributed by atoms with E-state index in [-0.39, 0.29) is 5.69 Å². The zero-order valence-electron chi connectivity index (χ0n) is 17.1. The van der Waals surface area contributed by atoms with Gasteiger partial charge in [-0.2, -0.15) is 13.2 Å². The molecule has 0 saturated carbocycles. The van der Waals surface area contributed by atoms with E-state index < -0.39 is 17.8 Å². The topological polar surface area (TPSA) is 74.7 Å². The smallest absolute Gasteiger partial charge is 0.346 e. The van der Waals surface area contributed by atoms with Gasteiger partial charge in [-0.1, -0.05) is 6.07 Å². The summed E-state index contributed by atoms with van der Waals surface area (Å²) in [6, 6.07) is 15.1. The number of amides is 2. The van der Waals surface area contributed by atoms with Crippen LogP contribution in [0.15, 0.2) is 79.3 Å². The Hall–Kier alpha value is -4.27. The van der Waals surface area contributed by atoms with Gasteiger partial charge in [0.25, 0.3) is 0 Å². The van der Waals surface area contributed by atoms with Gasteiger partial charge in [-0.15, -0.1) is 0 Å². The zero-order chi connectivity index (χ0) is 23.0. The van der Waals surface area contributed by atoms with Crippen LogP contribution in [-0.4, -0.2) is 20.6 Å². The molecule has 0 fully saturated rings. The van der Waals surface area contributed by atoms with Crippen molar-refractivity contribution in [1.82, 2.24) is 14.5 Å². The van der Waals surface area contributed by atoms with Gasteiger partial charge in [0, 0.05) is 41.6 Å². The number of rotatable bonds is 4. The Labute approximate surface area is 186 Å². The van der Waals surface area contributed by atoms with Crippen LogP contribution < -0.4 is 10.6 Å². The van der Waals surface area contributed by atoms with Crippen LogP contribution in [0.4, 0.5) is 29.3 Å². The van der Waals surface area contributed by atoms with E-state index in [1.165, 1.54) is 12.1 Å². The fourth-order valence-electron chi connectivity index (χ4n) is 3.82. The van der Waals surface area contributed by atoms with Crippen LogP contribution in [-0.2, 0) is 12.7 Å². The predicted octanol–water partition coefficient (Wildman–Crippen LogP) is 6.23. The molecule has 0 radical (unpaired) electrons. The summed E-state index contributed by atoms with van der Waals surface area (Å²) in [7, 11) is 0. The first-order chi connectivity index (χ1) is 15.9. The minimum absolute atomic E-state index is 0.262. The summed E-state index contributed by atoms with van der Waals surface area (Å²) >= 11 is 0. The Morgan fingerprint density at radius 3 is 2.58 bits per heavy atom. The summed E-state index contributed by atoms with van der Waals surface area (Å²) in [4.78, 5) is 19.9. The number of H-pyrrole nitrogens is 1. The molecular weight excluding hydrogens is 431 g/mol. The van der Waals surface area contributed by atoms with Crippen molar-refractivity contribution < 1.29 is 18.0 Å². The van der Waals surface area contributed by atoms with E-state index in [9.17, 15) is 18.0 Å². The molecule has 5 rings (SSSR count). The number of carbonyl (C=O) groups is 1. The molecule has 3 N–H and O–H groups in total. The van der Waals surface area contributed by atoms with Crippen LogP contribution in [0, 0.1) is 0 Å². The Bertz CT molecular complexity index is 1450. The highest BCUT2D eigenvalue weighted by Gasteiger charge is 2.30. The minimum atomic E-state index is -4.42. The second-order valence-corrected chi connectivity index (χ2v) is 7.55. The van der Waals surface area contributed by atoms with Gasteiger partial charge in [0.1, 0.15) is 5.65 Å². The van der Waals surface area contributed by atoms with E-state index in [1.807, 2.05) is 42.7 Å². The van der Waals surface area contributed by atoms with Gasteiger partial charge in [0.2, 0.25) is 0 Å². The van der Waals surface area contributed by atoms with Crippen molar-refractivity contribution >= 4 is 39.3 Å². The second-order valence-electron chi connectivity index (χ2n) is 7.55. The lowest BCUT2D eigenvalue weighted by Gasteiger charge is -2.11. The number of fused-ring (bicyclic) bond motifs is 2. The van der Waals surface area contributed by atoms with Crippen molar-refractivity contribution in [3.63, 3.8) is 0 Å². The van der Waals surface area contributed by atoms with Crippen molar-refractivity contribution in [1.29, 1.82) is 0 Å². The molecule has 0 atom stereocenters. The quantitative estimate of drug-likeness (QED) is 0.304. The minimum Gasteiger partial charge on any atom is -0.346 e. The van der Waals surface area contributed by atoms with Gasteiger partial charge in [-0.05, 0) is 60.2 Å². The number of carbonyl (C=O) groups excluding carboxylic acids is 1. The zero-order valence-corrected chi connectivity index (χ0v) is 17.1. The number of pyridine rings is 1. The molecule has 6 nitrogen and oxygen atoms in total. The molecule has 3 heterocycles. The van der Waals surface area contributed by atoms with Gasteiger partial charge in [-0.25, -0.2) is 9.78 Å². The van der Waals surface area contributed by atoms with E-state index in [0.717, 1.165) is 39.6 Å². The molecule has 3 aromatic heterocycles. The van der Waals surface area contributed by atoms with Crippen LogP contribution in [0.3, 0.4) is 0 Å². The van der Waals surface area contributed by atoms with Crippen LogP contribution >= 0.6 is 0 Å². The molecule has 0 bridgehead atoms. The third-order valence-corrected chi connectivity index (χ3v) is 5.41. The number of nitrogens with zero attached hydrogens (tertiary/aromatic N) is 2. The van der Waals surface area contributed by atoms with E-state index in [1.54, 1.807) is 12.3 Å². The van der Waals surface area contributed by atoms with Crippen LogP contribution in [0.25, 0.3) is 21.9 Å². The lowest BCUT2D eigenvalue weighted by Crippen LogP contribution is -2.19. The second kappa shape index (κ2) is 8.01. The summed E-state index contributed by atoms with van der Waals surface area (Å²) < 4.78 is 40.2. The molecule has 2 amide bonds. The van der Waals surface area contributed by atoms with Gasteiger partial charge in [0.05, 0.1) is 16.8 Å². The Balaban J connectivity index is 1.34. The summed E-state index contributed by atoms with van der Waals surface area (Å²) in [6.07, 6.45) is 1.19. The SMILES string of the molecule is O=C(Nc1ccc(C(F)(F)F)cc1)Nc1cccc2c1ccn2Cc1c[nH]c2ncccc12. The van der Waals surface area contributed by atoms with Gasteiger partial charge in [-0.3, -0.25) is 0 Å². The molecule has 0 aliphatic rings. The maximum absolute atomic E-state index is 12.7. The number of aromatic nitrogens is 3. The van der Waals surface area contributed by atoms with Crippen molar-refractivity contribution in [3.05, 3.63) is 90.4 Å². The monoisotopic (exact) mass is 449 g/mol. The lowest BCUT2D eigenvalue weighted by atomic mass is 10.2. The molecule has 2 aromatic carbocycles. The normalized spacial score (nSPS) is 11.7. The maximum atomic E-state index is 12.7. The number of hydrogen-bond donors (Lipinski definition) is 3. The molecule has 0 aliphatic carbocycles. The lowest BCUT2D eigenvalue weighted by molar-refractivity contribution is -0.137. The molecular formula is C24H18F3N5O. The molecule has 0 aliphatic heterocycles. The van der Waals surface area contributed by atoms with E-state index >= 15 is 0 Å². The standard InChI is InChI=1S/C24H18F3N5O/c25-24(26,27)16-6-8-17(9-7-16)30-23(33)31-20-4-1-5-21-19(20)10-12-32(21)14-15-13-29-22-18(15)3-2-11-28-22/h1-13H,14H2,(H,28,29)(H2,30,31,33). The highest BCUT2D eigenvalue weighted by Crippen LogP contribution is 2.30. The number of alkyl halides is 3. The fourth-order valence-corrected chi connectivity index (χ4v) is 3.82. The first-order valence-corrected chi connectivity index (χ1v) is 10.1. The first kappa shape index (κ1) is 20.6. The number of urea groups is 1. The average Bonchev–Trinajstić information content (AvgIpc) is 3.39. The molecule has 0 spiro atoms. The van der Waals surface area contributed by atoms with Crippen LogP contribution in [0.5, 0.6) is 0 Å². The van der Waals surface area contributed by atoms with Crippen molar-refractivity contribution in [2.45, 2.75) is 12.7 Å². The van der Waals surface area contributed by atoms with Crippen LogP contribution in [0.2, 0.25) is 0 Å². The Kier molecular flexibility index (Phi) is 5.01. The number of anilines is 2. The van der Waals surface area contributed by atoms with Crippen molar-refractivity contribution in [3.8, 4) is 0 Å². The number of aromatic amines is 1. The fraction of sp³-hybridized carbons (Fsp3) is 0.0833. The number of benzene rings is 2. The van der Waals surface area contributed by atoms with Gasteiger partial charge < -0.3 is 20.2 Å². The molecule has 0 saturated heterocycles. The van der Waals surface area contributed by atoms with E-state index in [0.29, 0.717) is 12.2 Å². The van der Waals surface area contributed by atoms with Gasteiger partial charge >= 0.3 is 12.2 Å². The number of hydrogen-bond acceptors (Lipinski definition) is 2. The van der Waals surface area contributed by atoms with Crippen molar-refractivity contribution in [2.75, 3.05) is 10.6 Å². The average molecular weight is 449 g/mol. The highest BCUT2D eigenvalue weighted by molar-refractivity contribution is 6.05. The third kappa shape index (κ3) is 4.12. The van der Waals surface area contributed by atoms with Crippen molar-refractivity contribution in [2.24, 2.45) is 0 Å². The van der Waals surface area contributed by atoms with Crippen LogP contribution in [0.1, 0.15) is 11.1 Å². The number of nitrogens with one attached hydrogen (secondary N) is 3. The largest absolute Gasteiger partial charge is 0.416 e. The molecule has 0 unspecified atom stereocenters. The predicted molar refractivity (Wildman–Crippen MR) is 121 cm³/mol. The summed E-state index contributed by atoms with van der Waals surface area (Å²) in [5.74, 6) is 0. The Morgan fingerprint density at radius 2 is 1.79 bits per heavy atom.